The Balaban J connectivity index is 1.58. The van der Waals surface area contributed by atoms with Crippen LogP contribution in [-0.4, -0.2) is 58.8 Å². The standard InChI is InChI=1S/C24H26ClFN6O3/c1-3-32(4-2)12-11-27-23(34)20-21(29-14-28-20)24(35)31-17-8-6-16(7-9-17)30-22(33)18-10-5-15(26)13-19(18)25/h5-10,13-14H,3-4,11-12H2,1-2H3,(H,27,34)(H,28,29)(H,30,33)(H,31,35). The lowest BCUT2D eigenvalue weighted by Gasteiger charge is -2.17. The molecule has 0 aliphatic heterocycles. The molecule has 35 heavy (non-hydrogen) atoms. The molecular formula is C24H26ClFN6O3. The highest BCUT2D eigenvalue weighted by molar-refractivity contribution is 6.34. The number of rotatable bonds is 10. The van der Waals surface area contributed by atoms with E-state index in [1.807, 2.05) is 13.8 Å². The Morgan fingerprint density at radius 3 is 2.20 bits per heavy atom. The molecule has 0 bridgehead atoms. The third kappa shape index (κ3) is 6.87. The van der Waals surface area contributed by atoms with E-state index in [-0.39, 0.29) is 22.0 Å². The number of likely N-dealkylation sites (N-methyl/N-ethyl adjacent to an activating group) is 1. The van der Waals surface area contributed by atoms with Crippen LogP contribution in [0.2, 0.25) is 5.02 Å². The summed E-state index contributed by atoms with van der Waals surface area (Å²) in [5.74, 6) is -2.02. The molecule has 0 aliphatic carbocycles. The first-order chi connectivity index (χ1) is 16.8. The number of aromatic amines is 1. The van der Waals surface area contributed by atoms with Crippen LogP contribution >= 0.6 is 11.6 Å². The average molecular weight is 501 g/mol. The molecule has 9 nitrogen and oxygen atoms in total. The van der Waals surface area contributed by atoms with Gasteiger partial charge >= 0.3 is 0 Å². The van der Waals surface area contributed by atoms with Gasteiger partial charge in [-0.25, -0.2) is 9.37 Å². The van der Waals surface area contributed by atoms with Crippen LogP contribution in [0.5, 0.6) is 0 Å². The first-order valence-corrected chi connectivity index (χ1v) is 11.4. The zero-order chi connectivity index (χ0) is 25.4. The summed E-state index contributed by atoms with van der Waals surface area (Å²) in [5.41, 5.74) is 1.06. The van der Waals surface area contributed by atoms with E-state index in [0.717, 1.165) is 25.2 Å². The third-order valence-corrected chi connectivity index (χ3v) is 5.58. The topological polar surface area (TPSA) is 119 Å². The van der Waals surface area contributed by atoms with Crippen molar-refractivity contribution in [1.29, 1.82) is 0 Å². The Bertz CT molecular complexity index is 1190. The summed E-state index contributed by atoms with van der Waals surface area (Å²) < 4.78 is 13.2. The molecule has 3 rings (SSSR count). The number of nitrogens with one attached hydrogen (secondary N) is 4. The summed E-state index contributed by atoms with van der Waals surface area (Å²) in [6.45, 7) is 6.98. The molecule has 0 saturated heterocycles. The summed E-state index contributed by atoms with van der Waals surface area (Å²) in [6.07, 6.45) is 1.29. The van der Waals surface area contributed by atoms with Crippen molar-refractivity contribution in [1.82, 2.24) is 20.2 Å². The van der Waals surface area contributed by atoms with Crippen LogP contribution in [0.25, 0.3) is 0 Å². The van der Waals surface area contributed by atoms with Crippen LogP contribution in [0.3, 0.4) is 0 Å². The molecule has 184 valence electrons. The van der Waals surface area contributed by atoms with Crippen LogP contribution in [0.4, 0.5) is 15.8 Å². The normalized spacial score (nSPS) is 10.8. The number of carbonyl (C=O) groups excluding carboxylic acids is 3. The molecule has 0 atom stereocenters. The Hall–Kier alpha value is -3.76. The molecule has 0 aliphatic rings. The second-order valence-electron chi connectivity index (χ2n) is 7.52. The molecular weight excluding hydrogens is 475 g/mol. The van der Waals surface area contributed by atoms with Gasteiger partial charge in [0.15, 0.2) is 5.69 Å². The SMILES string of the molecule is CCN(CC)CCNC(=O)c1nc[nH]c1C(=O)Nc1ccc(NC(=O)c2ccc(F)cc2Cl)cc1. The number of hydrogen-bond donors (Lipinski definition) is 4. The summed E-state index contributed by atoms with van der Waals surface area (Å²) in [5, 5.41) is 8.12. The number of imidazole rings is 1. The average Bonchev–Trinajstić information content (AvgIpc) is 3.33. The van der Waals surface area contributed by atoms with Crippen LogP contribution in [-0.2, 0) is 0 Å². The quantitative estimate of drug-likeness (QED) is 0.338. The second-order valence-corrected chi connectivity index (χ2v) is 7.93. The Labute approximate surface area is 207 Å². The van der Waals surface area contributed by atoms with Gasteiger partial charge < -0.3 is 25.8 Å². The van der Waals surface area contributed by atoms with Crippen LogP contribution in [0.1, 0.15) is 45.2 Å². The summed E-state index contributed by atoms with van der Waals surface area (Å²) >= 11 is 5.93. The van der Waals surface area contributed by atoms with Gasteiger partial charge in [0, 0.05) is 24.5 Å². The van der Waals surface area contributed by atoms with Crippen LogP contribution in [0, 0.1) is 5.82 Å². The molecule has 0 unspecified atom stereocenters. The molecule has 3 aromatic rings. The fourth-order valence-corrected chi connectivity index (χ4v) is 3.55. The number of hydrogen-bond acceptors (Lipinski definition) is 5. The highest BCUT2D eigenvalue weighted by Crippen LogP contribution is 2.20. The van der Waals surface area contributed by atoms with Crippen molar-refractivity contribution in [2.45, 2.75) is 13.8 Å². The van der Waals surface area contributed by atoms with Gasteiger partial charge in [0.2, 0.25) is 0 Å². The van der Waals surface area contributed by atoms with Gasteiger partial charge in [0.25, 0.3) is 17.7 Å². The van der Waals surface area contributed by atoms with Crippen molar-refractivity contribution in [3.05, 3.63) is 76.6 Å². The summed E-state index contributed by atoms with van der Waals surface area (Å²) in [6, 6.07) is 9.83. The number of halogens is 2. The molecule has 0 radical (unpaired) electrons. The van der Waals surface area contributed by atoms with Crippen molar-refractivity contribution >= 4 is 40.7 Å². The lowest BCUT2D eigenvalue weighted by atomic mass is 10.2. The van der Waals surface area contributed by atoms with Crippen molar-refractivity contribution in [3.8, 4) is 0 Å². The van der Waals surface area contributed by atoms with E-state index < -0.39 is 23.5 Å². The molecule has 1 heterocycles. The maximum Gasteiger partial charge on any atom is 0.274 e. The number of H-pyrrole nitrogens is 1. The number of nitrogens with zero attached hydrogens (tertiary/aromatic N) is 2. The van der Waals surface area contributed by atoms with E-state index >= 15 is 0 Å². The van der Waals surface area contributed by atoms with Gasteiger partial charge in [0.05, 0.1) is 16.9 Å². The maximum atomic E-state index is 13.2. The molecule has 0 fully saturated rings. The smallest absolute Gasteiger partial charge is 0.274 e. The Kier molecular flexibility index (Phi) is 8.93. The zero-order valence-electron chi connectivity index (χ0n) is 19.3. The molecule has 0 spiro atoms. The Morgan fingerprint density at radius 2 is 1.60 bits per heavy atom. The minimum absolute atomic E-state index is 0.00108. The first kappa shape index (κ1) is 25.9. The second kappa shape index (κ2) is 12.1. The molecule has 0 saturated carbocycles. The minimum Gasteiger partial charge on any atom is -0.349 e. The molecule has 1 aromatic heterocycles. The minimum atomic E-state index is -0.538. The first-order valence-electron chi connectivity index (χ1n) is 11.0. The lowest BCUT2D eigenvalue weighted by Crippen LogP contribution is -2.35. The highest BCUT2D eigenvalue weighted by Gasteiger charge is 2.20. The van der Waals surface area contributed by atoms with Gasteiger partial charge in [-0.2, -0.15) is 0 Å². The van der Waals surface area contributed by atoms with Gasteiger partial charge in [-0.15, -0.1) is 0 Å². The fraction of sp³-hybridized carbons (Fsp3) is 0.250. The van der Waals surface area contributed by atoms with Gasteiger partial charge in [-0.3, -0.25) is 14.4 Å². The van der Waals surface area contributed by atoms with Gasteiger partial charge in [-0.1, -0.05) is 25.4 Å². The summed E-state index contributed by atoms with van der Waals surface area (Å²) in [7, 11) is 0. The lowest BCUT2D eigenvalue weighted by molar-refractivity contribution is 0.0931. The fourth-order valence-electron chi connectivity index (χ4n) is 3.29. The van der Waals surface area contributed by atoms with Crippen molar-refractivity contribution in [2.24, 2.45) is 0 Å². The Morgan fingerprint density at radius 1 is 0.971 bits per heavy atom. The van der Waals surface area contributed by atoms with E-state index in [0.29, 0.717) is 24.5 Å². The van der Waals surface area contributed by atoms with Gasteiger partial charge in [0.1, 0.15) is 11.5 Å². The largest absolute Gasteiger partial charge is 0.349 e. The van der Waals surface area contributed by atoms with Crippen LogP contribution < -0.4 is 16.0 Å². The molecule has 11 heteroatoms. The highest BCUT2D eigenvalue weighted by atomic mass is 35.5. The summed E-state index contributed by atoms with van der Waals surface area (Å²) in [4.78, 5) is 46.4. The molecule has 4 N–H and O–H groups in total. The van der Waals surface area contributed by atoms with E-state index in [1.165, 1.54) is 12.4 Å². The zero-order valence-corrected chi connectivity index (χ0v) is 20.1. The number of anilines is 2. The van der Waals surface area contributed by atoms with Crippen molar-refractivity contribution in [2.75, 3.05) is 36.8 Å². The number of amides is 3. The van der Waals surface area contributed by atoms with Gasteiger partial charge in [-0.05, 0) is 55.6 Å². The molecule has 2 aromatic carbocycles. The predicted octanol–water partition coefficient (Wildman–Crippen LogP) is 3.78. The van der Waals surface area contributed by atoms with E-state index in [1.54, 1.807) is 24.3 Å². The predicted molar refractivity (Wildman–Crippen MR) is 132 cm³/mol. The van der Waals surface area contributed by atoms with E-state index in [9.17, 15) is 18.8 Å². The number of carbonyl (C=O) groups is 3. The molecule has 3 amide bonds. The van der Waals surface area contributed by atoms with Crippen LogP contribution in [0.15, 0.2) is 48.8 Å². The number of aromatic nitrogens is 2. The van der Waals surface area contributed by atoms with E-state index in [4.69, 9.17) is 11.6 Å². The van der Waals surface area contributed by atoms with Crippen molar-refractivity contribution in [3.63, 3.8) is 0 Å². The van der Waals surface area contributed by atoms with E-state index in [2.05, 4.69) is 30.8 Å². The number of benzene rings is 2. The maximum absolute atomic E-state index is 13.2. The monoisotopic (exact) mass is 500 g/mol. The third-order valence-electron chi connectivity index (χ3n) is 5.27. The van der Waals surface area contributed by atoms with Crippen molar-refractivity contribution < 1.29 is 18.8 Å².